The van der Waals surface area contributed by atoms with Crippen LogP contribution in [-0.4, -0.2) is 42.9 Å². The second kappa shape index (κ2) is 14.6. The van der Waals surface area contributed by atoms with Gasteiger partial charge >= 0.3 is 12.0 Å². The van der Waals surface area contributed by atoms with E-state index in [1.54, 1.807) is 6.92 Å². The molecule has 0 spiro atoms. The molecule has 7 heteroatoms. The summed E-state index contributed by atoms with van der Waals surface area (Å²) >= 11 is 0. The predicted octanol–water partition coefficient (Wildman–Crippen LogP) is 3.97. The Morgan fingerprint density at radius 1 is 1.04 bits per heavy atom. The number of amides is 2. The van der Waals surface area contributed by atoms with Crippen LogP contribution in [0.25, 0.3) is 0 Å². The number of rotatable bonds is 15. The van der Waals surface area contributed by atoms with E-state index in [9.17, 15) is 9.59 Å². The number of carbonyl (C=O) groups excluding carboxylic acids is 1. The summed E-state index contributed by atoms with van der Waals surface area (Å²) in [5.74, 6) is 0.665. The lowest BCUT2D eigenvalue weighted by Gasteiger charge is -2.13. The van der Waals surface area contributed by atoms with Crippen molar-refractivity contribution in [2.75, 3.05) is 19.8 Å². The smallest absolute Gasteiger partial charge is 0.315 e. The van der Waals surface area contributed by atoms with Crippen LogP contribution in [0.15, 0.2) is 24.3 Å². The molecule has 0 aliphatic rings. The average Bonchev–Trinajstić information content (AvgIpc) is 2.64. The van der Waals surface area contributed by atoms with Gasteiger partial charge in [-0.15, -0.1) is 0 Å². The molecular weight excluding hydrogens is 360 g/mol. The predicted molar refractivity (Wildman–Crippen MR) is 109 cm³/mol. The first-order chi connectivity index (χ1) is 13.5. The number of carboxylic acid groups (broad SMARTS) is 1. The quantitative estimate of drug-likeness (QED) is 0.391. The van der Waals surface area contributed by atoms with Crippen molar-refractivity contribution in [3.63, 3.8) is 0 Å². The van der Waals surface area contributed by atoms with Crippen LogP contribution in [0, 0.1) is 0 Å². The molecule has 1 rings (SSSR count). The standard InChI is InChI=1S/C21H34N2O5/c1-3-4-5-7-13-27-18-10-9-11-19(16-18)28-14-8-6-12-22-21(26)23-17(2)15-20(24)25/h9-11,16-17H,3-8,12-15H2,1-2H3,(H,24,25)(H2,22,23,26)/t17-/m1/s1. The highest BCUT2D eigenvalue weighted by Crippen LogP contribution is 2.20. The fraction of sp³-hybridized carbons (Fsp3) is 0.619. The summed E-state index contributed by atoms with van der Waals surface area (Å²) < 4.78 is 11.5. The maximum absolute atomic E-state index is 11.6. The Morgan fingerprint density at radius 3 is 2.29 bits per heavy atom. The molecule has 2 amide bonds. The zero-order valence-corrected chi connectivity index (χ0v) is 17.0. The third kappa shape index (κ3) is 12.0. The molecule has 1 aromatic rings. The molecule has 28 heavy (non-hydrogen) atoms. The van der Waals surface area contributed by atoms with Gasteiger partial charge in [-0.05, 0) is 38.3 Å². The SMILES string of the molecule is CCCCCCOc1cccc(OCCCCNC(=O)N[C@H](C)CC(=O)O)c1. The molecule has 0 aliphatic heterocycles. The van der Waals surface area contributed by atoms with Crippen molar-refractivity contribution in [2.24, 2.45) is 0 Å². The van der Waals surface area contributed by atoms with Gasteiger partial charge in [0.15, 0.2) is 0 Å². The third-order valence-electron chi connectivity index (χ3n) is 4.06. The summed E-state index contributed by atoms with van der Waals surface area (Å²) in [5, 5.41) is 14.0. The van der Waals surface area contributed by atoms with Crippen LogP contribution >= 0.6 is 0 Å². The van der Waals surface area contributed by atoms with Gasteiger partial charge in [0.05, 0.1) is 19.6 Å². The number of unbranched alkanes of at least 4 members (excludes halogenated alkanes) is 4. The minimum atomic E-state index is -0.934. The number of ether oxygens (including phenoxy) is 2. The molecule has 0 saturated carbocycles. The summed E-state index contributed by atoms with van der Waals surface area (Å²) in [7, 11) is 0. The minimum Gasteiger partial charge on any atom is -0.493 e. The molecule has 7 nitrogen and oxygen atoms in total. The summed E-state index contributed by atoms with van der Waals surface area (Å²) in [6, 6.07) is 6.90. The van der Waals surface area contributed by atoms with E-state index in [4.69, 9.17) is 14.6 Å². The first-order valence-electron chi connectivity index (χ1n) is 10.1. The summed E-state index contributed by atoms with van der Waals surface area (Å²) in [6.45, 7) is 5.64. The lowest BCUT2D eigenvalue weighted by atomic mass is 10.2. The number of hydrogen-bond acceptors (Lipinski definition) is 4. The van der Waals surface area contributed by atoms with Crippen molar-refractivity contribution in [1.82, 2.24) is 10.6 Å². The molecule has 158 valence electrons. The summed E-state index contributed by atoms with van der Waals surface area (Å²) in [5.41, 5.74) is 0. The average molecular weight is 395 g/mol. The van der Waals surface area contributed by atoms with Crippen LogP contribution < -0.4 is 20.1 Å². The molecule has 0 unspecified atom stereocenters. The monoisotopic (exact) mass is 394 g/mol. The highest BCUT2D eigenvalue weighted by Gasteiger charge is 2.10. The van der Waals surface area contributed by atoms with Crippen LogP contribution in [0.5, 0.6) is 11.5 Å². The van der Waals surface area contributed by atoms with E-state index in [0.29, 0.717) is 13.2 Å². The van der Waals surface area contributed by atoms with Gasteiger partial charge in [-0.2, -0.15) is 0 Å². The van der Waals surface area contributed by atoms with E-state index in [1.165, 1.54) is 19.3 Å². The zero-order valence-electron chi connectivity index (χ0n) is 17.0. The molecule has 0 saturated heterocycles. The van der Waals surface area contributed by atoms with Gasteiger partial charge in [-0.3, -0.25) is 4.79 Å². The van der Waals surface area contributed by atoms with Gasteiger partial charge in [-0.1, -0.05) is 32.3 Å². The Bertz CT molecular complexity index is 580. The van der Waals surface area contributed by atoms with Gasteiger partial charge in [0.2, 0.25) is 0 Å². The fourth-order valence-electron chi connectivity index (χ4n) is 2.58. The van der Waals surface area contributed by atoms with Gasteiger partial charge in [0.25, 0.3) is 0 Å². The summed E-state index contributed by atoms with van der Waals surface area (Å²) in [4.78, 5) is 22.2. The molecule has 1 aromatic carbocycles. The maximum Gasteiger partial charge on any atom is 0.315 e. The molecule has 0 heterocycles. The second-order valence-electron chi connectivity index (χ2n) is 6.84. The van der Waals surface area contributed by atoms with E-state index in [1.807, 2.05) is 24.3 Å². The third-order valence-corrected chi connectivity index (χ3v) is 4.06. The molecular formula is C21H34N2O5. The Labute approximate surface area is 167 Å². The zero-order chi connectivity index (χ0) is 20.6. The Hall–Kier alpha value is -2.44. The number of carbonyl (C=O) groups is 2. The maximum atomic E-state index is 11.6. The van der Waals surface area contributed by atoms with Crippen molar-refractivity contribution in [3.8, 4) is 11.5 Å². The number of hydrogen-bond donors (Lipinski definition) is 3. The Balaban J connectivity index is 2.11. The largest absolute Gasteiger partial charge is 0.493 e. The fourth-order valence-corrected chi connectivity index (χ4v) is 2.58. The molecule has 1 atom stereocenters. The topological polar surface area (TPSA) is 96.9 Å². The second-order valence-corrected chi connectivity index (χ2v) is 6.84. The number of carboxylic acids is 1. The minimum absolute atomic E-state index is 0.0945. The number of nitrogens with one attached hydrogen (secondary N) is 2. The first kappa shape index (κ1) is 23.6. The van der Waals surface area contributed by atoms with Gasteiger partial charge < -0.3 is 25.2 Å². The molecule has 0 fully saturated rings. The molecule has 0 bridgehead atoms. The van der Waals surface area contributed by atoms with E-state index >= 15 is 0 Å². The lowest BCUT2D eigenvalue weighted by molar-refractivity contribution is -0.137. The van der Waals surface area contributed by atoms with E-state index in [2.05, 4.69) is 17.6 Å². The van der Waals surface area contributed by atoms with Crippen molar-refractivity contribution in [1.29, 1.82) is 0 Å². The van der Waals surface area contributed by atoms with Crippen molar-refractivity contribution >= 4 is 12.0 Å². The van der Waals surface area contributed by atoms with Crippen LogP contribution in [0.2, 0.25) is 0 Å². The van der Waals surface area contributed by atoms with Crippen molar-refractivity contribution in [2.45, 2.75) is 64.8 Å². The van der Waals surface area contributed by atoms with Crippen LogP contribution in [0.1, 0.15) is 58.8 Å². The van der Waals surface area contributed by atoms with Crippen molar-refractivity contribution < 1.29 is 24.2 Å². The molecule has 0 aliphatic carbocycles. The Kier molecular flexibility index (Phi) is 12.3. The number of benzene rings is 1. The van der Waals surface area contributed by atoms with Crippen LogP contribution in [0.3, 0.4) is 0 Å². The first-order valence-corrected chi connectivity index (χ1v) is 10.1. The van der Waals surface area contributed by atoms with Gasteiger partial charge in [-0.25, -0.2) is 4.79 Å². The van der Waals surface area contributed by atoms with E-state index in [-0.39, 0.29) is 12.5 Å². The van der Waals surface area contributed by atoms with E-state index < -0.39 is 12.0 Å². The highest BCUT2D eigenvalue weighted by atomic mass is 16.5. The molecule has 0 radical (unpaired) electrons. The van der Waals surface area contributed by atoms with Crippen LogP contribution in [-0.2, 0) is 4.79 Å². The van der Waals surface area contributed by atoms with Crippen molar-refractivity contribution in [3.05, 3.63) is 24.3 Å². The number of aliphatic carboxylic acids is 1. The Morgan fingerprint density at radius 2 is 1.68 bits per heavy atom. The normalized spacial score (nSPS) is 11.5. The van der Waals surface area contributed by atoms with E-state index in [0.717, 1.165) is 37.4 Å². The molecule has 3 N–H and O–H groups in total. The highest BCUT2D eigenvalue weighted by molar-refractivity contribution is 5.75. The van der Waals surface area contributed by atoms with Gasteiger partial charge in [0, 0.05) is 18.7 Å². The lowest BCUT2D eigenvalue weighted by Crippen LogP contribution is -2.41. The van der Waals surface area contributed by atoms with Gasteiger partial charge in [0.1, 0.15) is 11.5 Å². The van der Waals surface area contributed by atoms with Crippen LogP contribution in [0.4, 0.5) is 4.79 Å². The summed E-state index contributed by atoms with van der Waals surface area (Å²) in [6.07, 6.45) is 6.19. The number of urea groups is 1. The molecule has 0 aromatic heterocycles.